The van der Waals surface area contributed by atoms with Gasteiger partial charge in [0.05, 0.1) is 11.9 Å². The molecule has 1 aliphatic carbocycles. The van der Waals surface area contributed by atoms with E-state index in [9.17, 15) is 12.8 Å². The maximum absolute atomic E-state index is 14.2. The Balaban J connectivity index is 1.60. The maximum Gasteiger partial charge on any atom is 0.333 e. The Morgan fingerprint density at radius 3 is 2.43 bits per heavy atom. The fraction of sp³-hybridized carbons (Fsp3) is 0.640. The predicted molar refractivity (Wildman–Crippen MR) is 135 cm³/mol. The molecule has 1 saturated heterocycles. The summed E-state index contributed by atoms with van der Waals surface area (Å²) in [5, 5.41) is 9.63. The fourth-order valence-corrected chi connectivity index (χ4v) is 6.23. The number of halogens is 1. The summed E-state index contributed by atoms with van der Waals surface area (Å²) in [6, 6.07) is 5.34. The summed E-state index contributed by atoms with van der Waals surface area (Å²) in [5.74, 6) is 1.21. The molecule has 1 saturated carbocycles. The molecule has 35 heavy (non-hydrogen) atoms. The minimum absolute atomic E-state index is 0.120. The Morgan fingerprint density at radius 2 is 1.83 bits per heavy atom. The number of fused-ring (bicyclic) bond motifs is 1. The van der Waals surface area contributed by atoms with Crippen LogP contribution in [0.25, 0.3) is 10.9 Å². The van der Waals surface area contributed by atoms with Crippen LogP contribution in [0.1, 0.15) is 69.7 Å². The Hall–Kier alpha value is -2.01. The molecule has 0 bridgehead atoms. The van der Waals surface area contributed by atoms with Crippen molar-refractivity contribution in [2.75, 3.05) is 20.2 Å². The number of rotatable bonds is 8. The van der Waals surface area contributed by atoms with Gasteiger partial charge in [0, 0.05) is 41.6 Å². The number of hydrogen-bond donors (Lipinski definition) is 1. The first-order valence-corrected chi connectivity index (χ1v) is 13.9. The topological polar surface area (TPSA) is 99.1 Å². The van der Waals surface area contributed by atoms with Gasteiger partial charge in [-0.3, -0.25) is 4.18 Å². The van der Waals surface area contributed by atoms with E-state index in [-0.39, 0.29) is 18.5 Å². The van der Waals surface area contributed by atoms with Crippen LogP contribution in [0.5, 0.6) is 0 Å². The number of nitrogens with two attached hydrogens (primary N) is 1. The standard InChI is InChI=1S/C25H37FN4O4S/c1-17(2)18-4-7-20(8-5-18)29-12-10-21(11-13-29)30-24-9-6-19(26)14-22(24)23(15-28-33-3)25(30)16-34-35(27,31)32/h6,9,14-15,17-18,20-21H,4-5,7-8,10-13,16H2,1-3H3,(H2,27,31,32). The third-order valence-corrected chi connectivity index (χ3v) is 8.27. The van der Waals surface area contributed by atoms with Crippen LogP contribution in [0.15, 0.2) is 23.4 Å². The number of likely N-dealkylation sites (tertiary alicyclic amines) is 1. The summed E-state index contributed by atoms with van der Waals surface area (Å²) < 4.78 is 44.5. The molecule has 2 aliphatic rings. The number of hydrogen-bond acceptors (Lipinski definition) is 6. The average molecular weight is 509 g/mol. The second-order valence-electron chi connectivity index (χ2n) is 10.1. The molecular weight excluding hydrogens is 471 g/mol. The lowest BCUT2D eigenvalue weighted by Crippen LogP contribution is -2.44. The third kappa shape index (κ3) is 6.04. The van der Waals surface area contributed by atoms with Crippen molar-refractivity contribution < 1.29 is 21.8 Å². The van der Waals surface area contributed by atoms with E-state index in [1.165, 1.54) is 51.1 Å². The van der Waals surface area contributed by atoms with Gasteiger partial charge in [-0.25, -0.2) is 9.53 Å². The van der Waals surface area contributed by atoms with Crippen LogP contribution >= 0.6 is 0 Å². The molecule has 2 N–H and O–H groups in total. The minimum Gasteiger partial charge on any atom is -0.399 e. The van der Waals surface area contributed by atoms with Gasteiger partial charge < -0.3 is 14.3 Å². The molecule has 1 aliphatic heterocycles. The van der Waals surface area contributed by atoms with E-state index in [1.54, 1.807) is 6.07 Å². The summed E-state index contributed by atoms with van der Waals surface area (Å²) in [6.07, 6.45) is 8.40. The molecule has 0 amide bonds. The van der Waals surface area contributed by atoms with Crippen LogP contribution < -0.4 is 5.14 Å². The first-order valence-electron chi connectivity index (χ1n) is 12.5. The molecule has 1 aromatic heterocycles. The molecule has 1 aromatic carbocycles. The van der Waals surface area contributed by atoms with Gasteiger partial charge in [-0.2, -0.15) is 8.42 Å². The van der Waals surface area contributed by atoms with Gasteiger partial charge in [-0.1, -0.05) is 19.0 Å². The van der Waals surface area contributed by atoms with E-state index in [0.29, 0.717) is 22.7 Å². The van der Waals surface area contributed by atoms with Crippen LogP contribution in [0.3, 0.4) is 0 Å². The van der Waals surface area contributed by atoms with Gasteiger partial charge in [0.1, 0.15) is 19.5 Å². The molecule has 0 radical (unpaired) electrons. The van der Waals surface area contributed by atoms with Gasteiger partial charge >= 0.3 is 10.3 Å². The Bertz CT molecular complexity index is 1150. The van der Waals surface area contributed by atoms with Crippen molar-refractivity contribution in [1.82, 2.24) is 9.47 Å². The van der Waals surface area contributed by atoms with E-state index in [1.807, 2.05) is 0 Å². The fourth-order valence-electron chi connectivity index (χ4n) is 5.96. The summed E-state index contributed by atoms with van der Waals surface area (Å²) in [4.78, 5) is 7.48. The quantitative estimate of drug-likeness (QED) is 0.423. The lowest BCUT2D eigenvalue weighted by Gasteiger charge is -2.42. The van der Waals surface area contributed by atoms with Crippen molar-refractivity contribution in [3.63, 3.8) is 0 Å². The largest absolute Gasteiger partial charge is 0.399 e. The third-order valence-electron chi connectivity index (χ3n) is 7.82. The molecule has 2 heterocycles. The van der Waals surface area contributed by atoms with Crippen LogP contribution in [-0.4, -0.2) is 50.3 Å². The summed E-state index contributed by atoms with van der Waals surface area (Å²) >= 11 is 0. The monoisotopic (exact) mass is 508 g/mol. The van der Waals surface area contributed by atoms with Crippen LogP contribution in [0.4, 0.5) is 4.39 Å². The second kappa shape index (κ2) is 10.9. The first-order chi connectivity index (χ1) is 16.7. The Morgan fingerprint density at radius 1 is 1.14 bits per heavy atom. The number of piperidine rings is 1. The van der Waals surface area contributed by atoms with E-state index < -0.39 is 10.3 Å². The summed E-state index contributed by atoms with van der Waals surface area (Å²) in [5.41, 5.74) is 1.98. The lowest BCUT2D eigenvalue weighted by atomic mass is 9.79. The van der Waals surface area contributed by atoms with E-state index in [2.05, 4.69) is 28.5 Å². The molecule has 4 rings (SSSR count). The number of aromatic nitrogens is 1. The zero-order valence-corrected chi connectivity index (χ0v) is 21.6. The lowest BCUT2D eigenvalue weighted by molar-refractivity contribution is 0.0884. The maximum atomic E-state index is 14.2. The van der Waals surface area contributed by atoms with Gasteiger partial charge in [-0.15, -0.1) is 0 Å². The normalized spacial score (nSPS) is 23.0. The van der Waals surface area contributed by atoms with Crippen LogP contribution in [0, 0.1) is 17.7 Å². The van der Waals surface area contributed by atoms with E-state index in [4.69, 9.17) is 14.2 Å². The molecule has 194 valence electrons. The second-order valence-corrected chi connectivity index (χ2v) is 11.4. The van der Waals surface area contributed by atoms with E-state index >= 15 is 0 Å². The van der Waals surface area contributed by atoms with Gasteiger partial charge in [0.2, 0.25) is 0 Å². The highest BCUT2D eigenvalue weighted by Gasteiger charge is 2.32. The molecule has 0 atom stereocenters. The highest BCUT2D eigenvalue weighted by Crippen LogP contribution is 2.37. The summed E-state index contributed by atoms with van der Waals surface area (Å²) in [7, 11) is -2.74. The average Bonchev–Trinajstić information content (AvgIpc) is 3.13. The predicted octanol–water partition coefficient (Wildman–Crippen LogP) is 4.33. The molecule has 2 fully saturated rings. The number of nitrogens with zero attached hydrogens (tertiary/aromatic N) is 3. The molecular formula is C25H37FN4O4S. The zero-order valence-electron chi connectivity index (χ0n) is 20.8. The van der Waals surface area contributed by atoms with Crippen LogP contribution in [0.2, 0.25) is 0 Å². The molecule has 10 heteroatoms. The van der Waals surface area contributed by atoms with Crippen molar-refractivity contribution in [2.24, 2.45) is 22.1 Å². The molecule has 2 aromatic rings. The van der Waals surface area contributed by atoms with Gasteiger partial charge in [-0.05, 0) is 68.6 Å². The smallest absolute Gasteiger partial charge is 0.333 e. The summed E-state index contributed by atoms with van der Waals surface area (Å²) in [6.45, 7) is 6.33. The van der Waals surface area contributed by atoms with Crippen molar-refractivity contribution in [1.29, 1.82) is 0 Å². The SMILES string of the molecule is CON=Cc1c(COS(N)(=O)=O)n(C2CCN(C3CCC(C(C)C)CC3)CC2)c2ccc(F)cc12. The minimum atomic E-state index is -4.16. The van der Waals surface area contributed by atoms with Gasteiger partial charge in [0.15, 0.2) is 0 Å². The zero-order chi connectivity index (χ0) is 25.2. The van der Waals surface area contributed by atoms with Crippen molar-refractivity contribution in [2.45, 2.75) is 71.1 Å². The molecule has 8 nitrogen and oxygen atoms in total. The number of benzene rings is 1. The van der Waals surface area contributed by atoms with Gasteiger partial charge in [0.25, 0.3) is 0 Å². The molecule has 0 spiro atoms. The van der Waals surface area contributed by atoms with Crippen molar-refractivity contribution in [3.05, 3.63) is 35.3 Å². The van der Waals surface area contributed by atoms with Crippen molar-refractivity contribution in [3.8, 4) is 0 Å². The Kier molecular flexibility index (Phi) is 8.15. The van der Waals surface area contributed by atoms with Crippen LogP contribution in [-0.2, 0) is 25.9 Å². The highest BCUT2D eigenvalue weighted by atomic mass is 32.2. The molecule has 0 unspecified atom stereocenters. The Labute approximate surface area is 207 Å². The number of oxime groups is 1. The van der Waals surface area contributed by atoms with Crippen molar-refractivity contribution >= 4 is 27.4 Å². The van der Waals surface area contributed by atoms with E-state index in [0.717, 1.165) is 43.3 Å². The highest BCUT2D eigenvalue weighted by molar-refractivity contribution is 7.84. The first kappa shape index (κ1) is 26.1.